The van der Waals surface area contributed by atoms with E-state index in [0.29, 0.717) is 19.0 Å². The van der Waals surface area contributed by atoms with Crippen LogP contribution < -0.4 is 5.32 Å². The van der Waals surface area contributed by atoms with Crippen LogP contribution in [-0.4, -0.2) is 32.9 Å². The number of nitrogens with zero attached hydrogens (tertiary/aromatic N) is 4. The van der Waals surface area contributed by atoms with E-state index in [1.54, 1.807) is 0 Å². The Morgan fingerprint density at radius 1 is 1.24 bits per heavy atom. The average Bonchev–Trinajstić information content (AvgIpc) is 3.00. The number of aryl methyl sites for hydroxylation is 1. The Hall–Kier alpha value is -1.95. The van der Waals surface area contributed by atoms with Gasteiger partial charge in [-0.1, -0.05) is 6.92 Å². The molecule has 2 heterocycles. The first kappa shape index (κ1) is 15.4. The zero-order chi connectivity index (χ0) is 15.1. The van der Waals surface area contributed by atoms with E-state index < -0.39 is 0 Å². The second-order valence-electron chi connectivity index (χ2n) is 4.70. The molecule has 6 nitrogen and oxygen atoms in total. The molecule has 2 rings (SSSR count). The van der Waals surface area contributed by atoms with Gasteiger partial charge in [0.2, 0.25) is 0 Å². The predicted molar refractivity (Wildman–Crippen MR) is 83.0 cm³/mol. The molecular formula is C15H23N5O. The maximum absolute atomic E-state index is 5.42. The minimum absolute atomic E-state index is 0.424. The lowest BCUT2D eigenvalue weighted by molar-refractivity contribution is 0.128. The second kappa shape index (κ2) is 7.73. The van der Waals surface area contributed by atoms with Crippen molar-refractivity contribution in [2.24, 2.45) is 0 Å². The number of aromatic nitrogens is 4. The van der Waals surface area contributed by atoms with Crippen LogP contribution in [0.2, 0.25) is 0 Å². The zero-order valence-corrected chi connectivity index (χ0v) is 13.0. The quantitative estimate of drug-likeness (QED) is 0.809. The summed E-state index contributed by atoms with van der Waals surface area (Å²) in [4.78, 5) is 9.05. The van der Waals surface area contributed by atoms with Crippen molar-refractivity contribution in [1.29, 1.82) is 0 Å². The van der Waals surface area contributed by atoms with Gasteiger partial charge in [-0.25, -0.2) is 9.97 Å². The van der Waals surface area contributed by atoms with Crippen LogP contribution in [0.25, 0.3) is 11.3 Å². The molecule has 0 aliphatic heterocycles. The van der Waals surface area contributed by atoms with Crippen molar-refractivity contribution < 1.29 is 4.74 Å². The van der Waals surface area contributed by atoms with Crippen LogP contribution in [0.15, 0.2) is 18.5 Å². The summed E-state index contributed by atoms with van der Waals surface area (Å²) in [7, 11) is 0. The van der Waals surface area contributed by atoms with Crippen molar-refractivity contribution in [3.8, 4) is 11.3 Å². The highest BCUT2D eigenvalue weighted by atomic mass is 16.5. The van der Waals surface area contributed by atoms with E-state index in [-0.39, 0.29) is 0 Å². The highest BCUT2D eigenvalue weighted by molar-refractivity contribution is 5.60. The number of ether oxygens (including phenoxy) is 1. The van der Waals surface area contributed by atoms with E-state index in [4.69, 9.17) is 4.74 Å². The van der Waals surface area contributed by atoms with Gasteiger partial charge in [-0.15, -0.1) is 0 Å². The summed E-state index contributed by atoms with van der Waals surface area (Å²) in [5.41, 5.74) is 1.87. The van der Waals surface area contributed by atoms with E-state index in [2.05, 4.69) is 34.2 Å². The fourth-order valence-electron chi connectivity index (χ4n) is 1.92. The Morgan fingerprint density at radius 2 is 2.10 bits per heavy atom. The molecule has 0 bridgehead atoms. The van der Waals surface area contributed by atoms with Gasteiger partial charge in [-0.05, 0) is 20.3 Å². The molecule has 0 atom stereocenters. The fraction of sp³-hybridized carbons (Fsp3) is 0.533. The Labute approximate surface area is 125 Å². The number of anilines is 1. The molecule has 0 spiro atoms. The molecular weight excluding hydrogens is 266 g/mol. The van der Waals surface area contributed by atoms with Gasteiger partial charge in [0.1, 0.15) is 12.4 Å². The van der Waals surface area contributed by atoms with Gasteiger partial charge in [-0.3, -0.25) is 4.68 Å². The summed E-state index contributed by atoms with van der Waals surface area (Å²) in [6, 6.07) is 1.96. The Balaban J connectivity index is 2.28. The van der Waals surface area contributed by atoms with Crippen molar-refractivity contribution in [3.63, 3.8) is 0 Å². The number of hydrogen-bond donors (Lipinski definition) is 1. The van der Waals surface area contributed by atoms with Crippen LogP contribution in [0.4, 0.5) is 5.82 Å². The third kappa shape index (κ3) is 4.26. The number of hydrogen-bond acceptors (Lipinski definition) is 5. The summed E-state index contributed by atoms with van der Waals surface area (Å²) in [5, 5.41) is 7.61. The third-order valence-electron chi connectivity index (χ3n) is 3.02. The molecule has 0 radical (unpaired) electrons. The fourth-order valence-corrected chi connectivity index (χ4v) is 1.92. The number of rotatable bonds is 8. The van der Waals surface area contributed by atoms with Crippen LogP contribution in [0.5, 0.6) is 0 Å². The van der Waals surface area contributed by atoms with E-state index in [1.807, 2.05) is 30.1 Å². The van der Waals surface area contributed by atoms with Crippen molar-refractivity contribution >= 4 is 5.82 Å². The van der Waals surface area contributed by atoms with Gasteiger partial charge in [0.15, 0.2) is 5.82 Å². The van der Waals surface area contributed by atoms with Crippen LogP contribution in [-0.2, 0) is 17.9 Å². The SMILES string of the molecule is CCCNc1cc(-c2cnn(CC)c2)nc(COCC)n1. The minimum atomic E-state index is 0.424. The van der Waals surface area contributed by atoms with Gasteiger partial charge in [0.25, 0.3) is 0 Å². The summed E-state index contributed by atoms with van der Waals surface area (Å²) < 4.78 is 7.31. The Bertz CT molecular complexity index is 541. The zero-order valence-electron chi connectivity index (χ0n) is 13.0. The van der Waals surface area contributed by atoms with Gasteiger partial charge in [0.05, 0.1) is 11.9 Å². The van der Waals surface area contributed by atoms with Gasteiger partial charge < -0.3 is 10.1 Å². The van der Waals surface area contributed by atoms with Crippen molar-refractivity contribution in [3.05, 3.63) is 24.3 Å². The second-order valence-corrected chi connectivity index (χ2v) is 4.70. The van der Waals surface area contributed by atoms with Crippen molar-refractivity contribution in [2.45, 2.75) is 40.3 Å². The van der Waals surface area contributed by atoms with Crippen LogP contribution in [0.3, 0.4) is 0 Å². The molecule has 0 saturated carbocycles. The smallest absolute Gasteiger partial charge is 0.157 e. The normalized spacial score (nSPS) is 10.8. The summed E-state index contributed by atoms with van der Waals surface area (Å²) in [6.07, 6.45) is 4.88. The average molecular weight is 289 g/mol. The van der Waals surface area contributed by atoms with Crippen molar-refractivity contribution in [1.82, 2.24) is 19.7 Å². The molecule has 21 heavy (non-hydrogen) atoms. The van der Waals surface area contributed by atoms with Gasteiger partial charge in [-0.2, -0.15) is 5.10 Å². The first-order valence-electron chi connectivity index (χ1n) is 7.49. The minimum Gasteiger partial charge on any atom is -0.374 e. The van der Waals surface area contributed by atoms with E-state index >= 15 is 0 Å². The van der Waals surface area contributed by atoms with E-state index in [0.717, 1.165) is 36.6 Å². The molecule has 6 heteroatoms. The number of nitrogens with one attached hydrogen (secondary N) is 1. The van der Waals surface area contributed by atoms with E-state index in [9.17, 15) is 0 Å². The maximum atomic E-state index is 5.42. The molecule has 0 fully saturated rings. The molecule has 0 aliphatic carbocycles. The molecule has 114 valence electrons. The standard InChI is InChI=1S/C15H23N5O/c1-4-7-16-14-8-13(12-9-17-20(5-2)10-12)18-15(19-14)11-21-6-3/h8-10H,4-7,11H2,1-3H3,(H,16,18,19). The molecule has 2 aromatic heterocycles. The highest BCUT2D eigenvalue weighted by Crippen LogP contribution is 2.19. The van der Waals surface area contributed by atoms with Gasteiger partial charge >= 0.3 is 0 Å². The molecule has 0 aliphatic rings. The lowest BCUT2D eigenvalue weighted by Crippen LogP contribution is -2.07. The molecule has 0 aromatic carbocycles. The summed E-state index contributed by atoms with van der Waals surface area (Å²) in [5.74, 6) is 1.53. The third-order valence-corrected chi connectivity index (χ3v) is 3.02. The molecule has 2 aromatic rings. The Morgan fingerprint density at radius 3 is 2.76 bits per heavy atom. The molecule has 0 amide bonds. The first-order chi connectivity index (χ1) is 10.3. The summed E-state index contributed by atoms with van der Waals surface area (Å²) >= 11 is 0. The topological polar surface area (TPSA) is 64.9 Å². The molecule has 0 unspecified atom stereocenters. The van der Waals surface area contributed by atoms with Gasteiger partial charge in [0, 0.05) is 37.5 Å². The predicted octanol–water partition coefficient (Wildman–Crippen LogP) is 2.72. The highest BCUT2D eigenvalue weighted by Gasteiger charge is 2.08. The van der Waals surface area contributed by atoms with Crippen molar-refractivity contribution in [2.75, 3.05) is 18.5 Å². The summed E-state index contributed by atoms with van der Waals surface area (Å²) in [6.45, 7) is 8.96. The van der Waals surface area contributed by atoms with E-state index in [1.165, 1.54) is 0 Å². The van der Waals surface area contributed by atoms with Crippen LogP contribution in [0.1, 0.15) is 33.0 Å². The molecule has 0 saturated heterocycles. The van der Waals surface area contributed by atoms with Crippen LogP contribution >= 0.6 is 0 Å². The Kier molecular flexibility index (Phi) is 5.68. The molecule has 1 N–H and O–H groups in total. The lowest BCUT2D eigenvalue weighted by Gasteiger charge is -2.08. The van der Waals surface area contributed by atoms with Crippen LogP contribution in [0, 0.1) is 0 Å². The lowest BCUT2D eigenvalue weighted by atomic mass is 10.2. The largest absolute Gasteiger partial charge is 0.374 e. The maximum Gasteiger partial charge on any atom is 0.157 e. The first-order valence-corrected chi connectivity index (χ1v) is 7.49. The monoisotopic (exact) mass is 289 g/mol.